The molecule has 0 spiro atoms. The Morgan fingerprint density at radius 1 is 1.39 bits per heavy atom. The summed E-state index contributed by atoms with van der Waals surface area (Å²) in [7, 11) is 1.51. The zero-order valence-electron chi connectivity index (χ0n) is 15.1. The second kappa shape index (κ2) is 8.55. The van der Waals surface area contributed by atoms with E-state index < -0.39 is 11.5 Å². The van der Waals surface area contributed by atoms with Crippen molar-refractivity contribution in [1.82, 2.24) is 9.97 Å². The fraction of sp³-hybridized carbons (Fsp3) is 0.211. The van der Waals surface area contributed by atoms with Gasteiger partial charge in [0.1, 0.15) is 22.1 Å². The molecular weight excluding hydrogens is 404 g/mol. The second-order valence-corrected chi connectivity index (χ2v) is 7.27. The van der Waals surface area contributed by atoms with Crippen LogP contribution >= 0.6 is 22.9 Å². The van der Waals surface area contributed by atoms with Gasteiger partial charge in [-0.05, 0) is 36.3 Å². The summed E-state index contributed by atoms with van der Waals surface area (Å²) in [6.45, 7) is 2.08. The number of nitrogens with zero attached hydrogens (tertiary/aromatic N) is 1. The molecule has 146 valence electrons. The molecule has 0 aliphatic rings. The van der Waals surface area contributed by atoms with Gasteiger partial charge in [-0.2, -0.15) is 0 Å². The van der Waals surface area contributed by atoms with E-state index in [2.05, 4.69) is 9.97 Å². The summed E-state index contributed by atoms with van der Waals surface area (Å²) < 4.78 is 9.99. The molecular formula is C19H17ClN2O5S. The number of rotatable bonds is 6. The van der Waals surface area contributed by atoms with Crippen LogP contribution in [0.5, 0.6) is 5.75 Å². The van der Waals surface area contributed by atoms with Crippen LogP contribution in [0.2, 0.25) is 0 Å². The predicted octanol–water partition coefficient (Wildman–Crippen LogP) is 3.54. The first-order valence-electron chi connectivity index (χ1n) is 8.26. The van der Waals surface area contributed by atoms with Crippen LogP contribution in [0.25, 0.3) is 21.3 Å². The minimum absolute atomic E-state index is 0.0978. The zero-order valence-corrected chi connectivity index (χ0v) is 16.7. The molecule has 0 radical (unpaired) electrons. The highest BCUT2D eigenvalue weighted by Crippen LogP contribution is 2.29. The number of carbonyl (C=O) groups is 1. The van der Waals surface area contributed by atoms with Gasteiger partial charge in [0.05, 0.1) is 17.0 Å². The molecule has 0 fully saturated rings. The Bertz CT molecular complexity index is 1120. The van der Waals surface area contributed by atoms with Gasteiger partial charge in [0, 0.05) is 7.11 Å². The van der Waals surface area contributed by atoms with Crippen molar-refractivity contribution in [3.05, 3.63) is 56.4 Å². The average Bonchev–Trinajstić information content (AvgIpc) is 2.99. The number of hydrogen-bond acceptors (Lipinski definition) is 7. The maximum Gasteiger partial charge on any atom is 0.348 e. The number of aromatic amines is 1. The molecule has 0 aliphatic carbocycles. The Hall–Kier alpha value is -2.68. The van der Waals surface area contributed by atoms with Crippen LogP contribution in [-0.4, -0.2) is 41.4 Å². The summed E-state index contributed by atoms with van der Waals surface area (Å²) in [5, 5.41) is 10.1. The number of thiophene rings is 1. The minimum Gasteiger partial charge on any atom is -0.508 e. The highest BCUT2D eigenvalue weighted by Gasteiger charge is 2.21. The number of aromatic hydroxyl groups is 1. The van der Waals surface area contributed by atoms with Crippen molar-refractivity contribution in [3.63, 3.8) is 0 Å². The predicted molar refractivity (Wildman–Crippen MR) is 109 cm³/mol. The van der Waals surface area contributed by atoms with Crippen molar-refractivity contribution in [2.45, 2.75) is 6.92 Å². The highest BCUT2D eigenvalue weighted by atomic mass is 35.5. The molecule has 9 heteroatoms. The maximum atomic E-state index is 12.5. The fourth-order valence-electron chi connectivity index (χ4n) is 2.56. The van der Waals surface area contributed by atoms with Crippen molar-refractivity contribution in [1.29, 1.82) is 0 Å². The molecule has 0 atom stereocenters. The lowest BCUT2D eigenvalue weighted by Crippen LogP contribution is -2.11. The number of carbonyl (C=O) groups excluding carboxylic acids is 1. The van der Waals surface area contributed by atoms with E-state index >= 15 is 0 Å². The van der Waals surface area contributed by atoms with Gasteiger partial charge in [-0.25, -0.2) is 9.78 Å². The number of methoxy groups -OCH3 is 1. The van der Waals surface area contributed by atoms with Crippen LogP contribution in [0.1, 0.15) is 26.6 Å². The van der Waals surface area contributed by atoms with Gasteiger partial charge >= 0.3 is 5.97 Å². The van der Waals surface area contributed by atoms with Crippen molar-refractivity contribution < 1.29 is 19.4 Å². The Balaban J connectivity index is 1.98. The van der Waals surface area contributed by atoms with E-state index in [1.807, 2.05) is 0 Å². The third-order valence-electron chi connectivity index (χ3n) is 3.90. The topological polar surface area (TPSA) is 102 Å². The number of esters is 1. The van der Waals surface area contributed by atoms with Crippen molar-refractivity contribution in [2.24, 2.45) is 0 Å². The van der Waals surface area contributed by atoms with Gasteiger partial charge in [0.25, 0.3) is 5.56 Å². The first-order chi connectivity index (χ1) is 13.4. The molecule has 1 aromatic carbocycles. The third-order valence-corrected chi connectivity index (χ3v) is 5.35. The lowest BCUT2D eigenvalue weighted by atomic mass is 10.2. The number of phenols is 1. The molecule has 0 unspecified atom stereocenters. The van der Waals surface area contributed by atoms with Crippen LogP contribution in [-0.2, 0) is 9.47 Å². The minimum atomic E-state index is -0.528. The molecule has 0 saturated carbocycles. The lowest BCUT2D eigenvalue weighted by Gasteiger charge is -2.02. The lowest BCUT2D eigenvalue weighted by molar-refractivity contribution is 0.0393. The zero-order chi connectivity index (χ0) is 20.3. The Labute approximate surface area is 169 Å². The molecule has 2 heterocycles. The average molecular weight is 421 g/mol. The molecule has 0 bridgehead atoms. The summed E-state index contributed by atoms with van der Waals surface area (Å²) in [6.07, 6.45) is 1.58. The van der Waals surface area contributed by atoms with Crippen LogP contribution in [0.4, 0.5) is 0 Å². The summed E-state index contributed by atoms with van der Waals surface area (Å²) >= 11 is 7.38. The van der Waals surface area contributed by atoms with E-state index in [0.29, 0.717) is 26.2 Å². The molecule has 0 aliphatic heterocycles. The number of H-pyrrole nitrogens is 1. The van der Waals surface area contributed by atoms with E-state index in [9.17, 15) is 14.7 Å². The molecule has 0 amide bonds. The molecule has 2 N–H and O–H groups in total. The van der Waals surface area contributed by atoms with Gasteiger partial charge in [0.15, 0.2) is 5.82 Å². The quantitative estimate of drug-likeness (QED) is 0.467. The molecule has 28 heavy (non-hydrogen) atoms. The van der Waals surface area contributed by atoms with Gasteiger partial charge in [-0.15, -0.1) is 11.3 Å². The summed E-state index contributed by atoms with van der Waals surface area (Å²) in [5.41, 5.74) is 0.764. The first-order valence-corrected chi connectivity index (χ1v) is 9.46. The molecule has 2 aromatic heterocycles. The van der Waals surface area contributed by atoms with Gasteiger partial charge in [-0.3, -0.25) is 4.79 Å². The van der Waals surface area contributed by atoms with E-state index in [4.69, 9.17) is 21.1 Å². The maximum absolute atomic E-state index is 12.5. The number of aromatic nitrogens is 2. The number of ether oxygens (including phenoxy) is 2. The number of halogens is 1. The smallest absolute Gasteiger partial charge is 0.348 e. The number of fused-ring (bicyclic) bond motifs is 1. The van der Waals surface area contributed by atoms with Gasteiger partial charge in [-0.1, -0.05) is 23.7 Å². The SMILES string of the molecule is COCCOC(=O)c1sc2nc(/C(Cl)=C/c3cccc(O)c3)[nH]c(=O)c2c1C. The van der Waals surface area contributed by atoms with E-state index in [1.54, 1.807) is 31.2 Å². The highest BCUT2D eigenvalue weighted by molar-refractivity contribution is 7.20. The Morgan fingerprint density at radius 2 is 2.18 bits per heavy atom. The number of aryl methyl sites for hydroxylation is 1. The van der Waals surface area contributed by atoms with Crippen LogP contribution in [0, 0.1) is 6.92 Å². The van der Waals surface area contributed by atoms with Crippen LogP contribution in [0.15, 0.2) is 29.1 Å². The monoisotopic (exact) mass is 420 g/mol. The molecule has 3 rings (SSSR count). The third kappa shape index (κ3) is 4.24. The summed E-state index contributed by atoms with van der Waals surface area (Å²) in [5.74, 6) is -0.261. The van der Waals surface area contributed by atoms with Crippen LogP contribution in [0.3, 0.4) is 0 Å². The Kier molecular flexibility index (Phi) is 6.13. The summed E-state index contributed by atoms with van der Waals surface area (Å²) in [6, 6.07) is 6.50. The van der Waals surface area contributed by atoms with Crippen LogP contribution < -0.4 is 5.56 Å². The van der Waals surface area contributed by atoms with E-state index in [1.165, 1.54) is 13.2 Å². The molecule has 7 nitrogen and oxygen atoms in total. The number of phenolic OH excluding ortho intramolecular Hbond substituents is 1. The molecule has 0 saturated heterocycles. The molecule has 3 aromatic rings. The number of nitrogens with one attached hydrogen (secondary N) is 1. The summed E-state index contributed by atoms with van der Waals surface area (Å²) in [4.78, 5) is 32.5. The van der Waals surface area contributed by atoms with E-state index in [-0.39, 0.29) is 29.8 Å². The normalized spacial score (nSPS) is 11.8. The van der Waals surface area contributed by atoms with E-state index in [0.717, 1.165) is 11.3 Å². The number of hydrogen-bond donors (Lipinski definition) is 2. The standard InChI is InChI=1S/C19H17ClN2O5S/c1-10-14-17(24)21-16(13(20)9-11-4-3-5-12(23)8-11)22-18(14)28-15(10)19(25)27-7-6-26-2/h3-5,8-9,23H,6-7H2,1-2H3,(H,21,22,24)/b13-9-. The van der Waals surface area contributed by atoms with Gasteiger partial charge in [0.2, 0.25) is 0 Å². The van der Waals surface area contributed by atoms with Crippen molar-refractivity contribution in [2.75, 3.05) is 20.3 Å². The largest absolute Gasteiger partial charge is 0.508 e. The second-order valence-electron chi connectivity index (χ2n) is 5.87. The Morgan fingerprint density at radius 3 is 2.89 bits per heavy atom. The van der Waals surface area contributed by atoms with Gasteiger partial charge < -0.3 is 19.6 Å². The number of benzene rings is 1. The fourth-order valence-corrected chi connectivity index (χ4v) is 3.86. The van der Waals surface area contributed by atoms with Crippen molar-refractivity contribution in [3.8, 4) is 5.75 Å². The van der Waals surface area contributed by atoms with Crippen molar-refractivity contribution >= 4 is 50.2 Å². The first kappa shape index (κ1) is 20.1.